The Morgan fingerprint density at radius 1 is 1.15 bits per heavy atom. The Bertz CT molecular complexity index is 591. The smallest absolute Gasteiger partial charge is 0.241 e. The lowest BCUT2D eigenvalue weighted by Crippen LogP contribution is -2.42. The zero-order valence-corrected chi connectivity index (χ0v) is 18.6. The number of nitrogens with zero attached hydrogens (tertiary/aromatic N) is 3. The summed E-state index contributed by atoms with van der Waals surface area (Å²) in [6.07, 6.45) is 0. The topological polar surface area (TPSA) is 60.0 Å². The minimum absolute atomic E-state index is 0. The molecule has 1 aromatic rings. The number of anilines is 1. The average Bonchev–Trinajstić information content (AvgIpc) is 2.59. The molecule has 0 unspecified atom stereocenters. The Morgan fingerprint density at radius 2 is 1.81 bits per heavy atom. The Balaban J connectivity index is 0.00000625. The van der Waals surface area contributed by atoms with Gasteiger partial charge in [-0.05, 0) is 38.5 Å². The summed E-state index contributed by atoms with van der Waals surface area (Å²) < 4.78 is 14.3. The predicted molar refractivity (Wildman–Crippen MR) is 117 cm³/mol. The second-order valence-electron chi connectivity index (χ2n) is 5.79. The van der Waals surface area contributed by atoms with Crippen molar-refractivity contribution >= 4 is 41.5 Å². The van der Waals surface area contributed by atoms with Gasteiger partial charge in [0.15, 0.2) is 5.96 Å². The maximum absolute atomic E-state index is 14.3. The highest BCUT2D eigenvalue weighted by Gasteiger charge is 2.09. The second kappa shape index (κ2) is 12.7. The molecular weight excluding hydrogens is 448 g/mol. The van der Waals surface area contributed by atoms with Crippen LogP contribution in [-0.4, -0.2) is 57.0 Å². The fourth-order valence-electron chi connectivity index (χ4n) is 2.30. The number of halogens is 2. The van der Waals surface area contributed by atoms with E-state index in [1.165, 1.54) is 11.0 Å². The minimum Gasteiger partial charge on any atom is -0.370 e. The maximum atomic E-state index is 14.3. The normalized spacial score (nSPS) is 10.8. The van der Waals surface area contributed by atoms with E-state index in [4.69, 9.17) is 0 Å². The number of nitrogens with one attached hydrogen (secondary N) is 2. The molecule has 1 amide bonds. The lowest BCUT2D eigenvalue weighted by Gasteiger charge is -2.21. The number of amides is 1. The van der Waals surface area contributed by atoms with Crippen LogP contribution in [0.1, 0.15) is 26.3 Å². The lowest BCUT2D eigenvalue weighted by molar-refractivity contribution is -0.127. The number of hydrogen-bond acceptors (Lipinski definition) is 3. The number of guanidine groups is 1. The number of benzene rings is 1. The molecular formula is C18H31FIN5O. The highest BCUT2D eigenvalue weighted by atomic mass is 127. The van der Waals surface area contributed by atoms with E-state index in [9.17, 15) is 9.18 Å². The number of likely N-dealkylation sites (N-methyl/N-ethyl adjacent to an activating group) is 1. The van der Waals surface area contributed by atoms with Gasteiger partial charge in [0.05, 0.1) is 18.8 Å². The molecule has 1 rings (SSSR count). The van der Waals surface area contributed by atoms with Gasteiger partial charge in [-0.15, -0.1) is 24.0 Å². The van der Waals surface area contributed by atoms with Crippen molar-refractivity contribution in [1.82, 2.24) is 15.5 Å². The molecule has 0 aliphatic heterocycles. The van der Waals surface area contributed by atoms with Crippen LogP contribution in [0.25, 0.3) is 0 Å². The predicted octanol–water partition coefficient (Wildman–Crippen LogP) is 2.43. The Hall–Kier alpha value is -1.58. The van der Waals surface area contributed by atoms with Crippen molar-refractivity contribution in [2.24, 2.45) is 4.99 Å². The first-order valence-corrected chi connectivity index (χ1v) is 8.68. The van der Waals surface area contributed by atoms with Gasteiger partial charge in [-0.2, -0.15) is 0 Å². The van der Waals surface area contributed by atoms with E-state index in [1.807, 2.05) is 31.7 Å². The summed E-state index contributed by atoms with van der Waals surface area (Å²) >= 11 is 0. The molecule has 26 heavy (non-hydrogen) atoms. The van der Waals surface area contributed by atoms with Crippen molar-refractivity contribution in [2.75, 3.05) is 45.2 Å². The molecule has 148 valence electrons. The monoisotopic (exact) mass is 479 g/mol. The fourth-order valence-corrected chi connectivity index (χ4v) is 2.30. The van der Waals surface area contributed by atoms with Gasteiger partial charge < -0.3 is 20.4 Å². The molecule has 0 aliphatic rings. The van der Waals surface area contributed by atoms with Crippen LogP contribution in [-0.2, 0) is 11.3 Å². The van der Waals surface area contributed by atoms with Crippen molar-refractivity contribution < 1.29 is 9.18 Å². The largest absolute Gasteiger partial charge is 0.370 e. The summed E-state index contributed by atoms with van der Waals surface area (Å²) in [6.45, 7) is 8.66. The van der Waals surface area contributed by atoms with E-state index < -0.39 is 0 Å². The summed E-state index contributed by atoms with van der Waals surface area (Å²) in [5, 5.41) is 6.06. The highest BCUT2D eigenvalue weighted by molar-refractivity contribution is 14.0. The van der Waals surface area contributed by atoms with Crippen LogP contribution in [0.4, 0.5) is 10.1 Å². The van der Waals surface area contributed by atoms with E-state index >= 15 is 0 Å². The van der Waals surface area contributed by atoms with Gasteiger partial charge in [0.25, 0.3) is 0 Å². The zero-order valence-electron chi connectivity index (χ0n) is 16.3. The van der Waals surface area contributed by atoms with E-state index in [2.05, 4.69) is 15.6 Å². The molecule has 0 atom stereocenters. The average molecular weight is 479 g/mol. The SMILES string of the molecule is CCNC(=NCc1ccc(N(CC)CC)c(F)c1)NCC(=O)N(C)C.I. The van der Waals surface area contributed by atoms with Gasteiger partial charge in [-0.1, -0.05) is 6.07 Å². The van der Waals surface area contributed by atoms with Gasteiger partial charge in [0.1, 0.15) is 5.82 Å². The van der Waals surface area contributed by atoms with Crippen LogP contribution in [0, 0.1) is 5.82 Å². The summed E-state index contributed by atoms with van der Waals surface area (Å²) in [6, 6.07) is 5.20. The standard InChI is InChI=1S/C18H30FN5O.HI/c1-6-20-18(22-13-17(25)23(4)5)21-12-14-9-10-16(15(19)11-14)24(7-2)8-3;/h9-11H,6-8,12-13H2,1-5H3,(H2,20,21,22);1H. The molecule has 2 N–H and O–H groups in total. The van der Waals surface area contributed by atoms with Crippen molar-refractivity contribution in [2.45, 2.75) is 27.3 Å². The van der Waals surface area contributed by atoms with Crippen molar-refractivity contribution in [3.05, 3.63) is 29.6 Å². The van der Waals surface area contributed by atoms with Crippen LogP contribution < -0.4 is 15.5 Å². The Morgan fingerprint density at radius 3 is 2.31 bits per heavy atom. The molecule has 0 heterocycles. The number of rotatable bonds is 8. The molecule has 0 saturated heterocycles. The van der Waals surface area contributed by atoms with E-state index in [-0.39, 0.29) is 42.2 Å². The van der Waals surface area contributed by atoms with Crippen LogP contribution in [0.3, 0.4) is 0 Å². The van der Waals surface area contributed by atoms with Crippen molar-refractivity contribution in [3.63, 3.8) is 0 Å². The molecule has 0 saturated carbocycles. The third-order valence-electron chi connectivity index (χ3n) is 3.79. The van der Waals surface area contributed by atoms with Gasteiger partial charge >= 0.3 is 0 Å². The number of hydrogen-bond donors (Lipinski definition) is 2. The fraction of sp³-hybridized carbons (Fsp3) is 0.556. The summed E-state index contributed by atoms with van der Waals surface area (Å²) in [7, 11) is 3.41. The van der Waals surface area contributed by atoms with Crippen LogP contribution in [0.2, 0.25) is 0 Å². The number of carbonyl (C=O) groups is 1. The molecule has 1 aromatic carbocycles. The molecule has 0 radical (unpaired) electrons. The molecule has 0 fully saturated rings. The van der Waals surface area contributed by atoms with Crippen molar-refractivity contribution in [3.8, 4) is 0 Å². The lowest BCUT2D eigenvalue weighted by atomic mass is 10.2. The van der Waals surface area contributed by atoms with E-state index in [0.717, 1.165) is 18.7 Å². The summed E-state index contributed by atoms with van der Waals surface area (Å²) in [5.41, 5.74) is 1.39. The molecule has 0 spiro atoms. The van der Waals surface area contributed by atoms with Crippen LogP contribution >= 0.6 is 24.0 Å². The van der Waals surface area contributed by atoms with E-state index in [1.54, 1.807) is 20.2 Å². The van der Waals surface area contributed by atoms with Crippen molar-refractivity contribution in [1.29, 1.82) is 0 Å². The number of aliphatic imine (C=N–C) groups is 1. The Kier molecular flexibility index (Phi) is 11.9. The maximum Gasteiger partial charge on any atom is 0.241 e. The second-order valence-corrected chi connectivity index (χ2v) is 5.79. The van der Waals surface area contributed by atoms with Gasteiger partial charge in [-0.25, -0.2) is 9.38 Å². The number of carbonyl (C=O) groups excluding carboxylic acids is 1. The molecule has 0 aromatic heterocycles. The summed E-state index contributed by atoms with van der Waals surface area (Å²) in [5.74, 6) is 0.253. The minimum atomic E-state index is -0.239. The van der Waals surface area contributed by atoms with Crippen LogP contribution in [0.5, 0.6) is 0 Å². The van der Waals surface area contributed by atoms with Crippen LogP contribution in [0.15, 0.2) is 23.2 Å². The Labute approximate surface area is 173 Å². The first-order chi connectivity index (χ1) is 11.9. The molecule has 0 bridgehead atoms. The first-order valence-electron chi connectivity index (χ1n) is 8.68. The third kappa shape index (κ3) is 7.76. The zero-order chi connectivity index (χ0) is 18.8. The third-order valence-corrected chi connectivity index (χ3v) is 3.79. The van der Waals surface area contributed by atoms with Gasteiger partial charge in [0, 0.05) is 33.7 Å². The molecule has 6 nitrogen and oxygen atoms in total. The van der Waals surface area contributed by atoms with E-state index in [0.29, 0.717) is 24.7 Å². The molecule has 0 aliphatic carbocycles. The van der Waals surface area contributed by atoms with Gasteiger partial charge in [-0.3, -0.25) is 4.79 Å². The first kappa shape index (κ1) is 24.4. The van der Waals surface area contributed by atoms with Gasteiger partial charge in [0.2, 0.25) is 5.91 Å². The summed E-state index contributed by atoms with van der Waals surface area (Å²) in [4.78, 5) is 19.6. The highest BCUT2D eigenvalue weighted by Crippen LogP contribution is 2.20. The molecule has 8 heteroatoms. The quantitative estimate of drug-likeness (QED) is 0.342.